The molecule has 0 spiro atoms. The van der Waals surface area contributed by atoms with Crippen LogP contribution in [-0.2, 0) is 9.59 Å². The zero-order valence-electron chi connectivity index (χ0n) is 12.1. The van der Waals surface area contributed by atoms with Crippen LogP contribution in [0.15, 0.2) is 30.3 Å². The lowest BCUT2D eigenvalue weighted by atomic mass is 9.97. The van der Waals surface area contributed by atoms with Gasteiger partial charge in [-0.3, -0.25) is 9.59 Å². The van der Waals surface area contributed by atoms with Gasteiger partial charge >= 0.3 is 0 Å². The molecule has 22 heavy (non-hydrogen) atoms. The lowest BCUT2D eigenvalue weighted by molar-refractivity contribution is -0.130. The summed E-state index contributed by atoms with van der Waals surface area (Å²) in [7, 11) is 0. The summed E-state index contributed by atoms with van der Waals surface area (Å²) >= 11 is 1.55. The number of hydrogen-bond acceptors (Lipinski definition) is 4. The predicted octanol–water partition coefficient (Wildman–Crippen LogP) is 2.03. The summed E-state index contributed by atoms with van der Waals surface area (Å²) in [6, 6.07) is 7.87. The van der Waals surface area contributed by atoms with Crippen molar-refractivity contribution in [3.8, 4) is 0 Å². The summed E-state index contributed by atoms with van der Waals surface area (Å²) in [6.45, 7) is 1.09. The first-order chi connectivity index (χ1) is 10.6. The average Bonchev–Trinajstić information content (AvgIpc) is 2.95. The van der Waals surface area contributed by atoms with Gasteiger partial charge in [0.05, 0.1) is 16.1 Å². The zero-order chi connectivity index (χ0) is 15.5. The number of para-hydroxylation sites is 1. The molecule has 2 amide bonds. The molecule has 2 aromatic rings. The number of likely N-dealkylation sites (tertiary alicyclic amines) is 1. The largest absolute Gasteiger partial charge is 0.369 e. The molecule has 1 unspecified atom stereocenters. The minimum atomic E-state index is -0.326. The van der Waals surface area contributed by atoms with E-state index in [0.29, 0.717) is 13.1 Å². The van der Waals surface area contributed by atoms with Crippen molar-refractivity contribution >= 4 is 39.4 Å². The Labute approximate surface area is 132 Å². The highest BCUT2D eigenvalue weighted by atomic mass is 32.1. The fraction of sp³-hybridized carbons (Fsp3) is 0.312. The van der Waals surface area contributed by atoms with Gasteiger partial charge in [0, 0.05) is 19.2 Å². The van der Waals surface area contributed by atoms with Crippen LogP contribution >= 0.6 is 11.3 Å². The van der Waals surface area contributed by atoms with E-state index in [9.17, 15) is 9.59 Å². The lowest BCUT2D eigenvalue weighted by Gasteiger charge is -2.30. The highest BCUT2D eigenvalue weighted by Gasteiger charge is 2.25. The second-order valence-corrected chi connectivity index (χ2v) is 6.44. The van der Waals surface area contributed by atoms with Gasteiger partial charge in [0.2, 0.25) is 11.8 Å². The molecule has 0 aliphatic carbocycles. The average molecular weight is 315 g/mol. The predicted molar refractivity (Wildman–Crippen MR) is 87.2 cm³/mol. The van der Waals surface area contributed by atoms with Crippen molar-refractivity contribution in [2.45, 2.75) is 12.8 Å². The number of nitrogens with zero attached hydrogens (tertiary/aromatic N) is 2. The van der Waals surface area contributed by atoms with Crippen molar-refractivity contribution in [1.82, 2.24) is 9.88 Å². The van der Waals surface area contributed by atoms with E-state index in [4.69, 9.17) is 5.73 Å². The first kappa shape index (κ1) is 14.7. The molecule has 1 aliphatic rings. The van der Waals surface area contributed by atoms with Crippen molar-refractivity contribution < 1.29 is 9.59 Å². The molecule has 0 bridgehead atoms. The topological polar surface area (TPSA) is 76.3 Å². The molecule has 0 radical (unpaired) electrons. The Morgan fingerprint density at radius 3 is 2.95 bits per heavy atom. The van der Waals surface area contributed by atoms with Crippen molar-refractivity contribution in [3.63, 3.8) is 0 Å². The molecule has 3 rings (SSSR count). The van der Waals surface area contributed by atoms with Crippen LogP contribution in [0.4, 0.5) is 0 Å². The Kier molecular flexibility index (Phi) is 4.20. The number of amides is 2. The first-order valence-electron chi connectivity index (χ1n) is 7.25. The second kappa shape index (κ2) is 6.27. The molecule has 2 heterocycles. The first-order valence-corrected chi connectivity index (χ1v) is 8.07. The van der Waals surface area contributed by atoms with Gasteiger partial charge in [-0.1, -0.05) is 12.1 Å². The number of benzene rings is 1. The molecule has 1 aromatic heterocycles. The third-order valence-electron chi connectivity index (χ3n) is 3.81. The number of carbonyl (C=O) groups excluding carboxylic acids is 2. The van der Waals surface area contributed by atoms with Crippen LogP contribution in [0.3, 0.4) is 0 Å². The minimum Gasteiger partial charge on any atom is -0.369 e. The summed E-state index contributed by atoms with van der Waals surface area (Å²) in [5.41, 5.74) is 6.27. The Morgan fingerprint density at radius 1 is 1.36 bits per heavy atom. The van der Waals surface area contributed by atoms with E-state index in [2.05, 4.69) is 4.98 Å². The number of primary amides is 1. The van der Waals surface area contributed by atoms with Gasteiger partial charge in [-0.25, -0.2) is 4.98 Å². The van der Waals surface area contributed by atoms with Crippen LogP contribution < -0.4 is 5.73 Å². The van der Waals surface area contributed by atoms with E-state index >= 15 is 0 Å². The maximum atomic E-state index is 12.2. The molecule has 1 saturated heterocycles. The molecular weight excluding hydrogens is 298 g/mol. The highest BCUT2D eigenvalue weighted by molar-refractivity contribution is 7.19. The van der Waals surface area contributed by atoms with Crippen molar-refractivity contribution in [2.75, 3.05) is 13.1 Å². The van der Waals surface area contributed by atoms with Crippen LogP contribution in [-0.4, -0.2) is 34.8 Å². The van der Waals surface area contributed by atoms with Crippen molar-refractivity contribution in [2.24, 2.45) is 11.7 Å². The van der Waals surface area contributed by atoms with Crippen LogP contribution in [0.2, 0.25) is 0 Å². The van der Waals surface area contributed by atoms with Gasteiger partial charge in [-0.15, -0.1) is 11.3 Å². The van der Waals surface area contributed by atoms with Gasteiger partial charge in [0.1, 0.15) is 5.01 Å². The van der Waals surface area contributed by atoms with Crippen molar-refractivity contribution in [3.05, 3.63) is 35.3 Å². The smallest absolute Gasteiger partial charge is 0.246 e. The normalized spacial score (nSPS) is 18.9. The molecule has 5 nitrogen and oxygen atoms in total. The maximum absolute atomic E-state index is 12.2. The van der Waals surface area contributed by atoms with Crippen LogP contribution in [0.5, 0.6) is 0 Å². The molecule has 1 aromatic carbocycles. The SMILES string of the molecule is NC(=O)C1CCCN(C(=O)/C=C/c2nc3ccccc3s2)C1. The standard InChI is InChI=1S/C16H17N3O2S/c17-16(21)11-4-3-9-19(10-11)15(20)8-7-14-18-12-5-1-2-6-13(12)22-14/h1-2,5-8,11H,3-4,9-10H2,(H2,17,21)/b8-7+. The molecule has 1 aliphatic heterocycles. The number of hydrogen-bond donors (Lipinski definition) is 1. The maximum Gasteiger partial charge on any atom is 0.246 e. The Bertz CT molecular complexity index is 705. The van der Waals surface area contributed by atoms with Gasteiger partial charge in [-0.2, -0.15) is 0 Å². The van der Waals surface area contributed by atoms with Crippen molar-refractivity contribution in [1.29, 1.82) is 0 Å². The summed E-state index contributed by atoms with van der Waals surface area (Å²) in [5.74, 6) is -0.647. The molecule has 114 valence electrons. The molecule has 2 N–H and O–H groups in total. The van der Waals surface area contributed by atoms with E-state index in [1.165, 1.54) is 6.08 Å². The number of fused-ring (bicyclic) bond motifs is 1. The summed E-state index contributed by atoms with van der Waals surface area (Å²) < 4.78 is 1.10. The quantitative estimate of drug-likeness (QED) is 0.881. The van der Waals surface area contributed by atoms with E-state index < -0.39 is 0 Å². The van der Waals surface area contributed by atoms with E-state index in [-0.39, 0.29) is 17.7 Å². The van der Waals surface area contributed by atoms with Gasteiger partial charge in [0.25, 0.3) is 0 Å². The highest BCUT2D eigenvalue weighted by Crippen LogP contribution is 2.22. The summed E-state index contributed by atoms with van der Waals surface area (Å²) in [5, 5.41) is 0.804. The van der Waals surface area contributed by atoms with Gasteiger partial charge in [-0.05, 0) is 31.1 Å². The summed E-state index contributed by atoms with van der Waals surface area (Å²) in [6.07, 6.45) is 4.84. The monoisotopic (exact) mass is 315 g/mol. The molecule has 0 saturated carbocycles. The van der Waals surface area contributed by atoms with Gasteiger partial charge in [0.15, 0.2) is 0 Å². The second-order valence-electron chi connectivity index (χ2n) is 5.38. The number of thiazole rings is 1. The van der Waals surface area contributed by atoms with E-state index in [1.54, 1.807) is 22.3 Å². The minimum absolute atomic E-state index is 0.0924. The number of aromatic nitrogens is 1. The van der Waals surface area contributed by atoms with E-state index in [0.717, 1.165) is 28.1 Å². The third-order valence-corrected chi connectivity index (χ3v) is 4.82. The van der Waals surface area contributed by atoms with Gasteiger partial charge < -0.3 is 10.6 Å². The molecule has 1 fully saturated rings. The number of nitrogens with two attached hydrogens (primary N) is 1. The fourth-order valence-corrected chi connectivity index (χ4v) is 3.49. The Morgan fingerprint density at radius 2 is 2.18 bits per heavy atom. The molecular formula is C16H17N3O2S. The zero-order valence-corrected chi connectivity index (χ0v) is 12.9. The van der Waals surface area contributed by atoms with Crippen LogP contribution in [0.1, 0.15) is 17.8 Å². The molecule has 6 heteroatoms. The fourth-order valence-electron chi connectivity index (χ4n) is 2.62. The molecule has 1 atom stereocenters. The lowest BCUT2D eigenvalue weighted by Crippen LogP contribution is -2.43. The number of piperidine rings is 1. The third kappa shape index (κ3) is 3.17. The number of rotatable bonds is 3. The van der Waals surface area contributed by atoms with Crippen LogP contribution in [0, 0.1) is 5.92 Å². The van der Waals surface area contributed by atoms with Crippen LogP contribution in [0.25, 0.3) is 16.3 Å². The Balaban J connectivity index is 1.69. The summed E-state index contributed by atoms with van der Waals surface area (Å²) in [4.78, 5) is 29.6. The number of carbonyl (C=O) groups is 2. The Hall–Kier alpha value is -2.21. The van der Waals surface area contributed by atoms with E-state index in [1.807, 2.05) is 24.3 Å².